The molecule has 1 unspecified atom stereocenters. The van der Waals surface area contributed by atoms with E-state index in [4.69, 9.17) is 35.3 Å². The van der Waals surface area contributed by atoms with Gasteiger partial charge in [0.05, 0.1) is 39.6 Å². The van der Waals surface area contributed by atoms with Crippen molar-refractivity contribution in [3.63, 3.8) is 0 Å². The Morgan fingerprint density at radius 2 is 1.04 bits per heavy atom. The molecule has 0 amide bonds. The van der Waals surface area contributed by atoms with Crippen LogP contribution >= 0.6 is 9.90 Å². The fourth-order valence-electron chi connectivity index (χ4n) is 1.67. The monoisotopic (exact) mass is 385 g/mol. The first-order valence-electron chi connectivity index (χ1n) is 7.59. The minimum Gasteiger partial charge on any atom is -0.493 e. The van der Waals surface area contributed by atoms with Crippen molar-refractivity contribution >= 4 is 9.90 Å². The zero-order chi connectivity index (χ0) is 18.7. The highest BCUT2D eigenvalue weighted by Gasteiger charge is 2.20. The number of methoxy groups -OCH3 is 2. The quantitative estimate of drug-likeness (QED) is 0.530. The second-order valence-electron chi connectivity index (χ2n) is 5.24. The largest absolute Gasteiger partial charge is 0.493 e. The summed E-state index contributed by atoms with van der Waals surface area (Å²) in [5.41, 5.74) is 3.94. The number of nitrogens with two attached hydrogens (primary N) is 1. The predicted octanol–water partition coefficient (Wildman–Crippen LogP) is 1.21. The summed E-state index contributed by atoms with van der Waals surface area (Å²) in [6, 6.07) is 15.0. The zero-order valence-corrected chi connectivity index (χ0v) is 16.5. The van der Waals surface area contributed by atoms with E-state index in [0.717, 1.165) is 0 Å². The van der Waals surface area contributed by atoms with Crippen molar-refractivity contribution < 1.29 is 29.5 Å². The molecule has 0 aromatic heterocycles. The van der Waals surface area contributed by atoms with Crippen molar-refractivity contribution in [3.8, 4) is 23.0 Å². The molecule has 2 aromatic carbocycles. The molecule has 0 aliphatic carbocycles. The summed E-state index contributed by atoms with van der Waals surface area (Å²) in [7, 11) is 3.23. The topological polar surface area (TPSA) is 114 Å². The first-order chi connectivity index (χ1) is 12.0. The predicted molar refractivity (Wildman–Crippen MR) is 105 cm³/mol. The van der Waals surface area contributed by atoms with Gasteiger partial charge in [-0.05, 0) is 24.3 Å². The van der Waals surface area contributed by atoms with Gasteiger partial charge in [-0.15, -0.1) is 0 Å². The number of ether oxygens (including phenoxy) is 3. The van der Waals surface area contributed by atoms with Gasteiger partial charge < -0.3 is 35.3 Å². The number of para-hydroxylation sites is 4. The van der Waals surface area contributed by atoms with Crippen LogP contribution in [0.5, 0.6) is 23.0 Å². The summed E-state index contributed by atoms with van der Waals surface area (Å²) < 4.78 is 16.2. The summed E-state index contributed by atoms with van der Waals surface area (Å²) in [6.45, 7) is -1.21. The van der Waals surface area contributed by atoms with Gasteiger partial charge in [0.1, 0.15) is 0 Å². The lowest BCUT2D eigenvalue weighted by molar-refractivity contribution is 0.0698. The zero-order valence-electron chi connectivity index (χ0n) is 15.1. The van der Waals surface area contributed by atoms with Gasteiger partial charge in [0.2, 0.25) is 0 Å². The van der Waals surface area contributed by atoms with Crippen LogP contribution in [0.4, 0.5) is 0 Å². The maximum Gasteiger partial charge on any atom is 0.169 e. The molecule has 26 heavy (non-hydrogen) atoms. The van der Waals surface area contributed by atoms with E-state index in [1.807, 2.05) is 48.5 Å². The summed E-state index contributed by atoms with van der Waals surface area (Å²) in [4.78, 5) is 0. The van der Waals surface area contributed by atoms with E-state index in [1.54, 1.807) is 14.2 Å². The van der Waals surface area contributed by atoms with Crippen molar-refractivity contribution in [1.82, 2.24) is 0 Å². The maximum atomic E-state index is 8.34. The first-order valence-corrected chi connectivity index (χ1v) is 7.59. The van der Waals surface area contributed by atoms with E-state index >= 15 is 0 Å². The van der Waals surface area contributed by atoms with E-state index in [0.29, 0.717) is 23.0 Å². The van der Waals surface area contributed by atoms with Gasteiger partial charge in [-0.3, -0.25) is 0 Å². The van der Waals surface area contributed by atoms with Crippen molar-refractivity contribution in [2.24, 2.45) is 5.73 Å². The molecule has 0 bridgehead atoms. The van der Waals surface area contributed by atoms with Crippen molar-refractivity contribution in [1.29, 1.82) is 0 Å². The standard InChI is InChI=1S/C14H14O3.C4H11NO3.H3P/c1-15-11-7-3-5-9-13(11)17-14-10-6-4-8-12(14)16-2;5-4(1-6,2-7)3-8;/h3-10H,1-2H3;6-8H,1-3,5H2;1H3. The second kappa shape index (κ2) is 12.5. The molecule has 0 saturated carbocycles. The molecule has 0 radical (unpaired) electrons. The van der Waals surface area contributed by atoms with Crippen LogP contribution in [0.25, 0.3) is 0 Å². The Labute approximate surface area is 156 Å². The number of hydrogen-bond acceptors (Lipinski definition) is 7. The lowest BCUT2D eigenvalue weighted by Crippen LogP contribution is -2.50. The van der Waals surface area contributed by atoms with Crippen LogP contribution in [0.1, 0.15) is 0 Å². The Bertz CT molecular complexity index is 583. The highest BCUT2D eigenvalue weighted by molar-refractivity contribution is 6.92. The molecule has 2 rings (SSSR count). The van der Waals surface area contributed by atoms with Gasteiger partial charge in [0.25, 0.3) is 0 Å². The third kappa shape index (κ3) is 7.15. The van der Waals surface area contributed by atoms with Gasteiger partial charge in [0, 0.05) is 0 Å². The fourth-order valence-corrected chi connectivity index (χ4v) is 1.67. The molecule has 1 atom stereocenters. The second-order valence-corrected chi connectivity index (χ2v) is 5.24. The number of rotatable bonds is 7. The maximum absolute atomic E-state index is 8.34. The Balaban J connectivity index is 0.000000597. The Kier molecular flexibility index (Phi) is 11.6. The van der Waals surface area contributed by atoms with Crippen LogP contribution in [0, 0.1) is 0 Å². The van der Waals surface area contributed by atoms with E-state index in [-0.39, 0.29) is 9.90 Å². The average molecular weight is 385 g/mol. The van der Waals surface area contributed by atoms with Crippen LogP contribution in [-0.4, -0.2) is 54.9 Å². The van der Waals surface area contributed by atoms with Crippen LogP contribution in [0.2, 0.25) is 0 Å². The molecule has 7 nitrogen and oxygen atoms in total. The molecule has 0 fully saturated rings. The normalized spacial score (nSPS) is 10.1. The van der Waals surface area contributed by atoms with Crippen molar-refractivity contribution in [3.05, 3.63) is 48.5 Å². The van der Waals surface area contributed by atoms with Crippen molar-refractivity contribution in [2.45, 2.75) is 5.54 Å². The molecule has 0 heterocycles. The molecule has 2 aromatic rings. The smallest absolute Gasteiger partial charge is 0.169 e. The van der Waals surface area contributed by atoms with E-state index in [1.165, 1.54) is 0 Å². The summed E-state index contributed by atoms with van der Waals surface area (Å²) in [5, 5.41) is 25.0. The van der Waals surface area contributed by atoms with E-state index in [2.05, 4.69) is 0 Å². The molecule has 146 valence electrons. The van der Waals surface area contributed by atoms with Crippen LogP contribution in [0.3, 0.4) is 0 Å². The Morgan fingerprint density at radius 3 is 1.27 bits per heavy atom. The molecule has 5 N–H and O–H groups in total. The first kappa shape index (κ1) is 24.1. The molecule has 0 aliphatic heterocycles. The molecule has 8 heteroatoms. The lowest BCUT2D eigenvalue weighted by atomic mass is 10.1. The Morgan fingerprint density at radius 1 is 0.731 bits per heavy atom. The number of hydrogen-bond donors (Lipinski definition) is 4. The molecular weight excluding hydrogens is 357 g/mol. The van der Waals surface area contributed by atoms with Crippen molar-refractivity contribution in [2.75, 3.05) is 34.0 Å². The molecular formula is C18H28NO6P. The van der Waals surface area contributed by atoms with Gasteiger partial charge >= 0.3 is 0 Å². The highest BCUT2D eigenvalue weighted by Crippen LogP contribution is 2.35. The third-order valence-electron chi connectivity index (χ3n) is 3.30. The molecule has 0 saturated heterocycles. The summed E-state index contributed by atoms with van der Waals surface area (Å²) in [6.07, 6.45) is 0. The Hall–Kier alpha value is -1.89. The van der Waals surface area contributed by atoms with Gasteiger partial charge in [-0.1, -0.05) is 24.3 Å². The van der Waals surface area contributed by atoms with E-state index < -0.39 is 25.4 Å². The summed E-state index contributed by atoms with van der Waals surface area (Å²) >= 11 is 0. The van der Waals surface area contributed by atoms with Crippen LogP contribution < -0.4 is 19.9 Å². The minimum atomic E-state index is -1.21. The van der Waals surface area contributed by atoms with E-state index in [9.17, 15) is 0 Å². The number of aliphatic hydroxyl groups excluding tert-OH is 3. The van der Waals surface area contributed by atoms with Crippen LogP contribution in [0.15, 0.2) is 48.5 Å². The highest BCUT2D eigenvalue weighted by atomic mass is 31.0. The third-order valence-corrected chi connectivity index (χ3v) is 3.30. The van der Waals surface area contributed by atoms with Gasteiger partial charge in [-0.25, -0.2) is 0 Å². The average Bonchev–Trinajstić information content (AvgIpc) is 2.68. The number of benzene rings is 2. The SMILES string of the molecule is COc1ccccc1Oc1ccccc1OC.NC(CO)(CO)CO.P. The fraction of sp³-hybridized carbons (Fsp3) is 0.333. The van der Waals surface area contributed by atoms with Gasteiger partial charge in [0.15, 0.2) is 23.0 Å². The lowest BCUT2D eigenvalue weighted by Gasteiger charge is -2.20. The molecule has 0 spiro atoms. The molecule has 0 aliphatic rings. The minimum absolute atomic E-state index is 0. The summed E-state index contributed by atoms with van der Waals surface area (Å²) in [5.74, 6) is 2.72. The number of aliphatic hydroxyl groups is 3. The van der Waals surface area contributed by atoms with Gasteiger partial charge in [-0.2, -0.15) is 9.90 Å². The van der Waals surface area contributed by atoms with Crippen LogP contribution in [-0.2, 0) is 0 Å².